The Kier molecular flexibility index (Phi) is 3.64. The van der Waals surface area contributed by atoms with E-state index in [-0.39, 0.29) is 5.41 Å². The summed E-state index contributed by atoms with van der Waals surface area (Å²) >= 11 is 0. The van der Waals surface area contributed by atoms with Gasteiger partial charge in [-0.3, -0.25) is 4.79 Å². The van der Waals surface area contributed by atoms with E-state index in [1.165, 1.54) is 11.1 Å². The number of benzene rings is 1. The monoisotopic (exact) mass is 348 g/mol. The fourth-order valence-corrected chi connectivity index (χ4v) is 5.69. The molecule has 5 rings (SSSR count). The normalized spacial score (nSPS) is 30.4. The number of carbonyl (C=O) groups is 1. The van der Waals surface area contributed by atoms with Gasteiger partial charge in [-0.05, 0) is 56.5 Å². The van der Waals surface area contributed by atoms with Crippen LogP contribution < -0.4 is 4.74 Å². The fraction of sp³-hybridized carbons (Fsp3) is 0.455. The number of ether oxygens (including phenoxy) is 1. The molecule has 3 aliphatic rings. The van der Waals surface area contributed by atoms with Gasteiger partial charge in [-0.15, -0.1) is 0 Å². The van der Waals surface area contributed by atoms with Crippen molar-refractivity contribution in [3.05, 3.63) is 53.7 Å². The van der Waals surface area contributed by atoms with Gasteiger partial charge in [-0.1, -0.05) is 18.2 Å². The van der Waals surface area contributed by atoms with Crippen molar-refractivity contribution < 1.29 is 9.53 Å². The van der Waals surface area contributed by atoms with Gasteiger partial charge < -0.3 is 9.64 Å². The first-order valence-corrected chi connectivity index (χ1v) is 9.60. The van der Waals surface area contributed by atoms with E-state index >= 15 is 0 Å². The third kappa shape index (κ3) is 2.32. The molecule has 1 saturated carbocycles. The van der Waals surface area contributed by atoms with Crippen molar-refractivity contribution in [3.63, 3.8) is 0 Å². The highest BCUT2D eigenvalue weighted by Crippen LogP contribution is 2.57. The van der Waals surface area contributed by atoms with Crippen LogP contribution in [0.2, 0.25) is 0 Å². The molecule has 1 aromatic carbocycles. The van der Waals surface area contributed by atoms with E-state index in [1.54, 1.807) is 6.20 Å². The molecule has 4 nitrogen and oxygen atoms in total. The lowest BCUT2D eigenvalue weighted by Gasteiger charge is -2.58. The number of likely N-dealkylation sites (N-methyl/N-ethyl adjacent to an activating group) is 1. The zero-order valence-corrected chi connectivity index (χ0v) is 15.1. The third-order valence-corrected chi connectivity index (χ3v) is 6.79. The molecule has 0 radical (unpaired) electrons. The summed E-state index contributed by atoms with van der Waals surface area (Å²) in [6.45, 7) is 1.05. The van der Waals surface area contributed by atoms with E-state index < -0.39 is 0 Å². The summed E-state index contributed by atoms with van der Waals surface area (Å²) < 4.78 is 6.24. The Morgan fingerprint density at radius 3 is 3.00 bits per heavy atom. The van der Waals surface area contributed by atoms with Gasteiger partial charge in [0.2, 0.25) is 5.88 Å². The molecule has 2 aliphatic carbocycles. The van der Waals surface area contributed by atoms with Crippen LogP contribution >= 0.6 is 0 Å². The second kappa shape index (κ2) is 5.92. The summed E-state index contributed by atoms with van der Waals surface area (Å²) in [7, 11) is 2.24. The Hall–Kier alpha value is -2.20. The number of hydrogen-bond donors (Lipinski definition) is 0. The number of piperidine rings is 1. The Morgan fingerprint density at radius 2 is 2.15 bits per heavy atom. The molecule has 1 saturated heterocycles. The lowest BCUT2D eigenvalue weighted by atomic mass is 9.52. The van der Waals surface area contributed by atoms with Gasteiger partial charge >= 0.3 is 0 Å². The van der Waals surface area contributed by atoms with Crippen LogP contribution in [0.5, 0.6) is 11.6 Å². The average molecular weight is 348 g/mol. The second-order valence-electron chi connectivity index (χ2n) is 8.08. The molecule has 134 valence electrons. The molecule has 0 amide bonds. The smallest absolute Gasteiger partial charge is 0.219 e. The minimum absolute atomic E-state index is 0.0640. The predicted octanol–water partition coefficient (Wildman–Crippen LogP) is 3.74. The zero-order chi connectivity index (χ0) is 17.7. The van der Waals surface area contributed by atoms with E-state index in [0.29, 0.717) is 30.0 Å². The number of rotatable bonds is 2. The molecular weight excluding hydrogens is 324 g/mol. The fourth-order valence-electron chi connectivity index (χ4n) is 5.69. The van der Waals surface area contributed by atoms with Crippen LogP contribution in [0.15, 0.2) is 42.6 Å². The molecule has 0 N–H and O–H groups in total. The maximum atomic E-state index is 12.5. The maximum absolute atomic E-state index is 12.5. The molecule has 3 atom stereocenters. The number of pyridine rings is 1. The molecule has 0 spiro atoms. The van der Waals surface area contributed by atoms with E-state index in [2.05, 4.69) is 35.1 Å². The maximum Gasteiger partial charge on any atom is 0.219 e. The molecule has 1 aliphatic heterocycles. The number of nitrogens with zero attached hydrogens (tertiary/aromatic N) is 2. The first-order valence-electron chi connectivity index (χ1n) is 9.60. The number of likely N-dealkylation sites (tertiary alicyclic amines) is 1. The number of aromatic nitrogens is 1. The van der Waals surface area contributed by atoms with E-state index in [4.69, 9.17) is 4.74 Å². The summed E-state index contributed by atoms with van der Waals surface area (Å²) in [5, 5.41) is 0. The number of carbonyl (C=O) groups excluding carboxylic acids is 1. The van der Waals surface area contributed by atoms with Crippen LogP contribution in [0, 0.1) is 5.92 Å². The first-order chi connectivity index (χ1) is 12.7. The second-order valence-corrected chi connectivity index (χ2v) is 8.08. The lowest BCUT2D eigenvalue weighted by Crippen LogP contribution is -2.60. The third-order valence-electron chi connectivity index (χ3n) is 6.79. The van der Waals surface area contributed by atoms with Crippen molar-refractivity contribution in [2.24, 2.45) is 5.92 Å². The molecule has 2 aromatic rings. The summed E-state index contributed by atoms with van der Waals surface area (Å²) in [5.41, 5.74) is 2.57. The van der Waals surface area contributed by atoms with Gasteiger partial charge in [-0.2, -0.15) is 0 Å². The van der Waals surface area contributed by atoms with Crippen LogP contribution in [-0.2, 0) is 16.6 Å². The number of hydrogen-bond acceptors (Lipinski definition) is 4. The van der Waals surface area contributed by atoms with Gasteiger partial charge in [0, 0.05) is 42.1 Å². The van der Waals surface area contributed by atoms with Gasteiger partial charge in [0.05, 0.1) is 0 Å². The van der Waals surface area contributed by atoms with Crippen molar-refractivity contribution >= 4 is 5.78 Å². The standard InChI is InChI=1S/C22H24N2O2/c1-24-12-10-22-14-16(25)8-9-17(22)18(24)13-15-5-4-6-19(21(15)22)26-20-7-2-3-11-23-20/h2-7,11,17-18H,8-10,12-14H2,1H3. The number of ketones is 1. The highest BCUT2D eigenvalue weighted by Gasteiger charge is 2.56. The summed E-state index contributed by atoms with van der Waals surface area (Å²) in [6, 6.07) is 12.6. The van der Waals surface area contributed by atoms with Gasteiger partial charge in [-0.25, -0.2) is 4.98 Å². The van der Waals surface area contributed by atoms with E-state index in [1.807, 2.05) is 18.2 Å². The van der Waals surface area contributed by atoms with Gasteiger partial charge in [0.15, 0.2) is 0 Å². The first kappa shape index (κ1) is 16.0. The number of Topliss-reactive ketones (excluding diaryl/α,β-unsaturated/α-hetero) is 1. The molecule has 2 heterocycles. The molecule has 3 unspecified atom stereocenters. The van der Waals surface area contributed by atoms with E-state index in [9.17, 15) is 4.79 Å². The quantitative estimate of drug-likeness (QED) is 0.829. The molecule has 4 heteroatoms. The topological polar surface area (TPSA) is 42.4 Å². The largest absolute Gasteiger partial charge is 0.439 e. The van der Waals surface area contributed by atoms with Crippen LogP contribution in [0.3, 0.4) is 0 Å². The van der Waals surface area contributed by atoms with Gasteiger partial charge in [0.25, 0.3) is 0 Å². The Balaban J connectivity index is 1.66. The van der Waals surface area contributed by atoms with Gasteiger partial charge in [0.1, 0.15) is 11.5 Å². The Bertz CT molecular complexity index is 850. The Morgan fingerprint density at radius 1 is 1.23 bits per heavy atom. The van der Waals surface area contributed by atoms with Crippen molar-refractivity contribution in [3.8, 4) is 11.6 Å². The molecular formula is C22H24N2O2. The SMILES string of the molecule is CN1CCC23CC(=O)CCC2C1Cc1cccc(Oc2ccccn2)c13. The minimum atomic E-state index is -0.0640. The van der Waals surface area contributed by atoms with Crippen LogP contribution in [-0.4, -0.2) is 35.3 Å². The minimum Gasteiger partial charge on any atom is -0.439 e. The molecule has 26 heavy (non-hydrogen) atoms. The predicted molar refractivity (Wildman–Crippen MR) is 99.5 cm³/mol. The summed E-state index contributed by atoms with van der Waals surface area (Å²) in [5.74, 6) is 2.46. The van der Waals surface area contributed by atoms with Crippen molar-refractivity contribution in [1.82, 2.24) is 9.88 Å². The molecule has 2 fully saturated rings. The lowest BCUT2D eigenvalue weighted by molar-refractivity contribution is -0.126. The highest BCUT2D eigenvalue weighted by atomic mass is 16.5. The highest BCUT2D eigenvalue weighted by molar-refractivity contribution is 5.82. The summed E-state index contributed by atoms with van der Waals surface area (Å²) in [6.07, 6.45) is 6.23. The van der Waals surface area contributed by atoms with Crippen molar-refractivity contribution in [2.45, 2.75) is 43.6 Å². The Labute approximate surface area is 154 Å². The van der Waals surface area contributed by atoms with Crippen LogP contribution in [0.1, 0.15) is 36.8 Å². The van der Waals surface area contributed by atoms with E-state index in [0.717, 1.165) is 38.0 Å². The van der Waals surface area contributed by atoms with Crippen LogP contribution in [0.4, 0.5) is 0 Å². The average Bonchev–Trinajstić information content (AvgIpc) is 2.65. The molecule has 1 aromatic heterocycles. The van der Waals surface area contributed by atoms with Crippen molar-refractivity contribution in [2.75, 3.05) is 13.6 Å². The zero-order valence-electron chi connectivity index (χ0n) is 15.1. The van der Waals surface area contributed by atoms with Crippen molar-refractivity contribution in [1.29, 1.82) is 0 Å². The van der Waals surface area contributed by atoms with Crippen LogP contribution in [0.25, 0.3) is 0 Å². The summed E-state index contributed by atoms with van der Waals surface area (Å²) in [4.78, 5) is 19.3. The molecule has 2 bridgehead atoms. The number of fused-ring (bicyclic) bond motifs is 1.